The number of fused-ring (bicyclic) bond motifs is 1. The van der Waals surface area contributed by atoms with Crippen LogP contribution in [0.15, 0.2) is 51.9 Å². The van der Waals surface area contributed by atoms with E-state index in [1.54, 1.807) is 47.3 Å². The minimum Gasteiger partial charge on any atom is -0.508 e. The Kier molecular flexibility index (Phi) is 3.46. The highest BCUT2D eigenvalue weighted by Crippen LogP contribution is 2.30. The third-order valence-electron chi connectivity index (χ3n) is 3.10. The number of halogens is 1. The van der Waals surface area contributed by atoms with E-state index in [1.165, 1.54) is 12.3 Å². The van der Waals surface area contributed by atoms with Gasteiger partial charge in [-0.2, -0.15) is 0 Å². The predicted octanol–water partition coefficient (Wildman–Crippen LogP) is 3.60. The van der Waals surface area contributed by atoms with Gasteiger partial charge >= 0.3 is 0 Å². The summed E-state index contributed by atoms with van der Waals surface area (Å²) in [7, 11) is 0. The monoisotopic (exact) mass is 396 g/mol. The molecule has 2 N–H and O–H groups in total. The Morgan fingerprint density at radius 1 is 1.10 bits per heavy atom. The Morgan fingerprint density at radius 2 is 1.81 bits per heavy atom. The fourth-order valence-electron chi connectivity index (χ4n) is 2.10. The third-order valence-corrected chi connectivity index (χ3v) is 3.60. The van der Waals surface area contributed by atoms with Gasteiger partial charge in [-0.05, 0) is 17.7 Å². The van der Waals surface area contributed by atoms with Crippen LogP contribution in [0.3, 0.4) is 0 Å². The van der Waals surface area contributed by atoms with E-state index in [2.05, 4.69) is 0 Å². The van der Waals surface area contributed by atoms with Gasteiger partial charge in [0.15, 0.2) is 23.0 Å². The minimum atomic E-state index is -0.364. The van der Waals surface area contributed by atoms with Crippen molar-refractivity contribution in [2.75, 3.05) is 0 Å². The summed E-state index contributed by atoms with van der Waals surface area (Å²) < 4.78 is 10.4. The summed E-state index contributed by atoms with van der Waals surface area (Å²) in [4.78, 5) is 12.5. The van der Waals surface area contributed by atoms with Gasteiger partial charge in [0.2, 0.25) is 5.43 Å². The van der Waals surface area contributed by atoms with Gasteiger partial charge in [-0.3, -0.25) is 4.79 Å². The topological polar surface area (TPSA) is 79.9 Å². The Balaban J connectivity index is 2.24. The summed E-state index contributed by atoms with van der Waals surface area (Å²) in [6.45, 7) is 0. The molecule has 1 aromatic heterocycles. The molecule has 3 aromatic rings. The first-order valence-electron chi connectivity index (χ1n) is 5.96. The summed E-state index contributed by atoms with van der Waals surface area (Å²) >= 11 is 1.77. The second kappa shape index (κ2) is 5.28. The van der Waals surface area contributed by atoms with Crippen LogP contribution in [0.4, 0.5) is 0 Å². The zero-order chi connectivity index (χ0) is 15.0. The lowest BCUT2D eigenvalue weighted by atomic mass is 10.0. The molecule has 5 nitrogen and oxygen atoms in total. The van der Waals surface area contributed by atoms with E-state index in [0.717, 1.165) is 6.07 Å². The molecular weight excluding hydrogens is 387 g/mol. The Bertz CT molecular complexity index is 868. The lowest BCUT2D eigenvalue weighted by Crippen LogP contribution is -2.04. The van der Waals surface area contributed by atoms with Gasteiger partial charge < -0.3 is 17.7 Å². The van der Waals surface area contributed by atoms with Gasteiger partial charge in [0.1, 0.15) is 34.5 Å². The smallest absolute Gasteiger partial charge is 0.204 e. The highest BCUT2D eigenvalue weighted by Gasteiger charge is 2.13. The van der Waals surface area contributed by atoms with E-state index in [-0.39, 0.29) is 27.9 Å². The van der Waals surface area contributed by atoms with Crippen LogP contribution in [-0.4, -0.2) is 10.2 Å². The standard InChI is InChI=1S/C15H9IO5/c16-21-10-3-1-8(2-4-10)11-7-20-13-6-9(17)5-12(18)14(13)15(11)19/h1-7,17-18H. The number of rotatable bonds is 2. The number of hydrogen-bond acceptors (Lipinski definition) is 5. The molecule has 1 heterocycles. The van der Waals surface area contributed by atoms with Crippen LogP contribution < -0.4 is 8.50 Å². The molecular formula is C15H9IO5. The van der Waals surface area contributed by atoms with Crippen LogP contribution in [-0.2, 0) is 0 Å². The molecule has 0 saturated heterocycles. The van der Waals surface area contributed by atoms with Gasteiger partial charge in [-0.25, -0.2) is 0 Å². The van der Waals surface area contributed by atoms with E-state index in [0.29, 0.717) is 16.9 Å². The van der Waals surface area contributed by atoms with E-state index >= 15 is 0 Å². The van der Waals surface area contributed by atoms with Crippen molar-refractivity contribution in [2.45, 2.75) is 0 Å². The van der Waals surface area contributed by atoms with Crippen molar-refractivity contribution in [3.63, 3.8) is 0 Å². The van der Waals surface area contributed by atoms with E-state index < -0.39 is 0 Å². The fourth-order valence-corrected chi connectivity index (χ4v) is 2.40. The van der Waals surface area contributed by atoms with Crippen LogP contribution in [0, 0.1) is 0 Å². The average Bonchev–Trinajstić information content (AvgIpc) is 2.47. The van der Waals surface area contributed by atoms with E-state index in [9.17, 15) is 15.0 Å². The van der Waals surface area contributed by atoms with Crippen molar-refractivity contribution in [3.05, 3.63) is 52.9 Å². The summed E-state index contributed by atoms with van der Waals surface area (Å²) in [5, 5.41) is 19.3. The quantitative estimate of drug-likeness (QED) is 0.648. The van der Waals surface area contributed by atoms with Crippen molar-refractivity contribution < 1.29 is 17.7 Å². The number of phenols is 2. The van der Waals surface area contributed by atoms with Gasteiger partial charge in [0.25, 0.3) is 0 Å². The molecule has 6 heteroatoms. The average molecular weight is 396 g/mol. The molecule has 0 atom stereocenters. The second-order valence-corrected chi connectivity index (χ2v) is 4.86. The lowest BCUT2D eigenvalue weighted by Gasteiger charge is -2.05. The third kappa shape index (κ3) is 2.42. The molecule has 0 spiro atoms. The molecule has 0 bridgehead atoms. The summed E-state index contributed by atoms with van der Waals surface area (Å²) in [6, 6.07) is 9.29. The van der Waals surface area contributed by atoms with Crippen molar-refractivity contribution in [3.8, 4) is 28.4 Å². The number of phenolic OH excluding ortho intramolecular Hbond substituents is 2. The highest BCUT2D eigenvalue weighted by atomic mass is 127. The molecule has 21 heavy (non-hydrogen) atoms. The molecule has 0 fully saturated rings. The number of benzene rings is 2. The first kappa shape index (κ1) is 13.7. The van der Waals surface area contributed by atoms with Crippen molar-refractivity contribution in [1.82, 2.24) is 0 Å². The SMILES string of the molecule is O=c1c(-c2ccc(OI)cc2)coc2cc(O)cc(O)c12. The first-order valence-corrected chi connectivity index (χ1v) is 6.85. The Morgan fingerprint density at radius 3 is 2.48 bits per heavy atom. The molecule has 0 aliphatic heterocycles. The zero-order valence-corrected chi connectivity index (χ0v) is 12.7. The fraction of sp³-hybridized carbons (Fsp3) is 0. The minimum absolute atomic E-state index is 0.0412. The second-order valence-electron chi connectivity index (χ2n) is 4.42. The van der Waals surface area contributed by atoms with Gasteiger partial charge in [0.05, 0.1) is 5.56 Å². The molecule has 0 aliphatic rings. The zero-order valence-electron chi connectivity index (χ0n) is 10.5. The summed E-state index contributed by atoms with van der Waals surface area (Å²) in [5.74, 6) is 0.185. The normalized spacial score (nSPS) is 10.7. The van der Waals surface area contributed by atoms with Crippen molar-refractivity contribution in [1.29, 1.82) is 0 Å². The Hall–Kier alpha value is -2.22. The summed E-state index contributed by atoms with van der Waals surface area (Å²) in [5.41, 5.74) is 0.740. The maximum absolute atomic E-state index is 12.5. The van der Waals surface area contributed by atoms with E-state index in [1.807, 2.05) is 0 Å². The maximum atomic E-state index is 12.5. The molecule has 0 saturated carbocycles. The van der Waals surface area contributed by atoms with Gasteiger partial charge in [-0.1, -0.05) is 12.1 Å². The predicted molar refractivity (Wildman–Crippen MR) is 85.9 cm³/mol. The van der Waals surface area contributed by atoms with Crippen LogP contribution in [0.1, 0.15) is 0 Å². The van der Waals surface area contributed by atoms with Crippen LogP contribution in [0.5, 0.6) is 17.2 Å². The van der Waals surface area contributed by atoms with Crippen LogP contribution in [0.2, 0.25) is 0 Å². The van der Waals surface area contributed by atoms with Crippen molar-refractivity contribution in [2.24, 2.45) is 0 Å². The van der Waals surface area contributed by atoms with Crippen molar-refractivity contribution >= 4 is 34.0 Å². The largest absolute Gasteiger partial charge is 0.508 e. The Labute approximate surface area is 133 Å². The molecule has 0 unspecified atom stereocenters. The summed E-state index contributed by atoms with van der Waals surface area (Å²) in [6.07, 6.45) is 1.31. The molecule has 0 radical (unpaired) electrons. The number of hydrogen-bond donors (Lipinski definition) is 2. The molecule has 0 aliphatic carbocycles. The highest BCUT2D eigenvalue weighted by molar-refractivity contribution is 14.1. The lowest BCUT2D eigenvalue weighted by molar-refractivity contribution is 0.452. The molecule has 106 valence electrons. The maximum Gasteiger partial charge on any atom is 0.204 e. The first-order chi connectivity index (χ1) is 10.1. The molecule has 3 rings (SSSR count). The number of aromatic hydroxyl groups is 2. The van der Waals surface area contributed by atoms with Gasteiger partial charge in [-0.15, -0.1) is 0 Å². The van der Waals surface area contributed by atoms with Crippen LogP contribution >= 0.6 is 23.0 Å². The molecule has 2 aromatic carbocycles. The van der Waals surface area contributed by atoms with Gasteiger partial charge in [0, 0.05) is 12.1 Å². The van der Waals surface area contributed by atoms with E-state index in [4.69, 9.17) is 7.48 Å². The molecule has 0 amide bonds. The van der Waals surface area contributed by atoms with Crippen LogP contribution in [0.25, 0.3) is 22.1 Å².